The summed E-state index contributed by atoms with van der Waals surface area (Å²) in [4.78, 5) is 36.8. The van der Waals surface area contributed by atoms with Crippen LogP contribution in [-0.2, 0) is 71.6 Å². The number of carbonyl (C=O) groups is 3. The first-order valence-corrected chi connectivity index (χ1v) is 22.5. The van der Waals surface area contributed by atoms with Crippen LogP contribution in [0.3, 0.4) is 0 Å². The number of carbonyl (C=O) groups excluding carboxylic acids is 3. The number of aliphatic hydroxyl groups excluding tert-OH is 12. The Hall–Kier alpha value is -2.56. The van der Waals surface area contributed by atoms with E-state index in [4.69, 9.17) is 47.2 Å². The van der Waals surface area contributed by atoms with Crippen LogP contribution < -0.4 is 16.0 Å². The third kappa shape index (κ3) is 13.3. The highest BCUT2D eigenvalue weighted by Gasteiger charge is 2.57. The van der Waals surface area contributed by atoms with E-state index in [0.29, 0.717) is 0 Å². The summed E-state index contributed by atoms with van der Waals surface area (Å²) in [6, 6.07) is -5.04. The highest BCUT2D eigenvalue weighted by Crippen LogP contribution is 2.36. The zero-order chi connectivity index (χ0) is 50.7. The maximum atomic E-state index is 12.5. The lowest BCUT2D eigenvalue weighted by Crippen LogP contribution is -2.70. The Labute approximate surface area is 386 Å². The van der Waals surface area contributed by atoms with Crippen LogP contribution in [-0.4, -0.2) is 272 Å². The Balaban J connectivity index is 1.51. The number of aliphatic hydroxyl groups is 12. The Bertz CT molecular complexity index is 1790. The molecule has 0 aromatic rings. The van der Waals surface area contributed by atoms with Gasteiger partial charge in [0.15, 0.2) is 31.5 Å². The van der Waals surface area contributed by atoms with Crippen LogP contribution in [0.5, 0.6) is 0 Å². The minimum Gasteiger partial charge on any atom is -0.394 e. The van der Waals surface area contributed by atoms with E-state index in [1.165, 1.54) is 6.92 Å². The van der Waals surface area contributed by atoms with Crippen LogP contribution in [0.1, 0.15) is 27.7 Å². The molecule has 68 heavy (non-hydrogen) atoms. The summed E-state index contributed by atoms with van der Waals surface area (Å²) in [5.74, 6) is -2.41. The molecule has 5 rings (SSSR count). The van der Waals surface area contributed by atoms with E-state index in [1.807, 2.05) is 0 Å². The average Bonchev–Trinajstić information content (AvgIpc) is 3.26. The van der Waals surface area contributed by atoms with Crippen LogP contribution in [0.25, 0.3) is 0 Å². The molecule has 5 fully saturated rings. The SMILES string of the molecule is CC(=O)N[C@@H]1[C@@H](O[C@@H]2O[C@H](CO)[C@H](O)[C@H](O[C@H]3O[C@H](CO)[C@H](O)[C@H](O)[C@H]3NC(C)=O)[C@H]2O[C@@H]2O[C@@H](C)[C@@H](O)[C@@H](O)[C@@H]2O)[C@@H](O)[C@@H](CO[C@@H]2O[C@H](COS(=O)(=O)O)[C@@H](O)[C@H](O)[C@H]2NC(C)=O)O[C@@H]1O. The van der Waals surface area contributed by atoms with Gasteiger partial charge in [-0.1, -0.05) is 0 Å². The smallest absolute Gasteiger partial charge is 0.394 e. The van der Waals surface area contributed by atoms with Crippen molar-refractivity contribution in [2.24, 2.45) is 0 Å². The molecule has 0 bridgehead atoms. The number of nitrogens with one attached hydrogen (secondary N) is 3. The van der Waals surface area contributed by atoms with Crippen molar-refractivity contribution in [3.05, 3.63) is 0 Å². The molecule has 0 aromatic heterocycles. The summed E-state index contributed by atoms with van der Waals surface area (Å²) >= 11 is 0. The van der Waals surface area contributed by atoms with Crippen molar-refractivity contribution in [2.75, 3.05) is 26.4 Å². The highest BCUT2D eigenvalue weighted by atomic mass is 32.3. The lowest BCUT2D eigenvalue weighted by molar-refractivity contribution is -0.397. The Kier molecular flexibility index (Phi) is 19.7. The van der Waals surface area contributed by atoms with Gasteiger partial charge in [0.2, 0.25) is 17.7 Å². The number of rotatable bonds is 17. The average molecular weight is 1020 g/mol. The predicted molar refractivity (Wildman–Crippen MR) is 210 cm³/mol. The summed E-state index contributed by atoms with van der Waals surface area (Å²) in [7, 11) is -5.10. The molecular formula is C36H61N3O28S. The molecule has 0 saturated carbocycles. The molecule has 5 saturated heterocycles. The Morgan fingerprint density at radius 1 is 0.485 bits per heavy atom. The normalized spacial score (nSPS) is 45.8. The topological polar surface area (TPSA) is 477 Å². The van der Waals surface area contributed by atoms with Crippen LogP contribution in [0, 0.1) is 0 Å². The van der Waals surface area contributed by atoms with Gasteiger partial charge in [0.25, 0.3) is 0 Å². The van der Waals surface area contributed by atoms with Crippen molar-refractivity contribution in [3.8, 4) is 0 Å². The lowest BCUT2D eigenvalue weighted by atomic mass is 9.94. The third-order valence-electron chi connectivity index (χ3n) is 11.7. The second-order valence-electron chi connectivity index (χ2n) is 16.7. The summed E-state index contributed by atoms with van der Waals surface area (Å²) in [5.41, 5.74) is 0. The molecule has 32 heteroatoms. The fourth-order valence-electron chi connectivity index (χ4n) is 8.19. The van der Waals surface area contributed by atoms with E-state index in [0.717, 1.165) is 20.8 Å². The van der Waals surface area contributed by atoms with Crippen LogP contribution in [0.2, 0.25) is 0 Å². The summed E-state index contributed by atoms with van der Waals surface area (Å²) in [5, 5.41) is 137. The standard InChI is InChI=1S/C36H61N3O28S/c1-9-20(45)27(52)28(53)35(60-9)67-31-30(66-34-18(38-11(3)43)26(51)21(46)13(5-40)62-34)23(48)14(6-41)63-36(31)65-29-19(39-12(4)44)32(54)61-15(24(29)49)7-58-33-17(37-10(2)42)25(50)22(47)16(64-33)8-59-68(55,56)57/h9,13-36,40-41,45-54H,5-8H2,1-4H3,(H,37,42)(H,38,43)(H,39,44)(H,55,56,57)/t9-,13+,14+,15+,16+,17+,18+,19+,20+,21-,22+,23-,24-,25+,26+,27+,28-,29+,30-,31+,32-,33+,34+,35-,36-/m0/s1. The van der Waals surface area contributed by atoms with Gasteiger partial charge in [0.1, 0.15) is 116 Å². The lowest BCUT2D eigenvalue weighted by Gasteiger charge is -2.51. The third-order valence-corrected chi connectivity index (χ3v) is 12.1. The summed E-state index contributed by atoms with van der Waals surface area (Å²) in [6.07, 6.45) is -41.5. The second kappa shape index (κ2) is 23.8. The molecule has 0 spiro atoms. The summed E-state index contributed by atoms with van der Waals surface area (Å²) in [6.45, 7) is 0.416. The van der Waals surface area contributed by atoms with Crippen molar-refractivity contribution >= 4 is 28.1 Å². The summed E-state index contributed by atoms with van der Waals surface area (Å²) < 4.78 is 88.3. The first kappa shape index (κ1) is 56.4. The van der Waals surface area contributed by atoms with Gasteiger partial charge < -0.3 is 120 Å². The van der Waals surface area contributed by atoms with Gasteiger partial charge in [-0.25, -0.2) is 4.18 Å². The second-order valence-corrected chi connectivity index (χ2v) is 17.8. The molecule has 3 amide bonds. The molecule has 0 radical (unpaired) electrons. The van der Waals surface area contributed by atoms with Gasteiger partial charge in [-0.3, -0.25) is 18.9 Å². The molecule has 31 nitrogen and oxygen atoms in total. The van der Waals surface area contributed by atoms with Crippen molar-refractivity contribution in [1.29, 1.82) is 0 Å². The zero-order valence-corrected chi connectivity index (χ0v) is 37.4. The quantitative estimate of drug-likeness (QED) is 0.0602. The van der Waals surface area contributed by atoms with Gasteiger partial charge in [-0.2, -0.15) is 8.42 Å². The van der Waals surface area contributed by atoms with Gasteiger partial charge in [0, 0.05) is 20.8 Å². The van der Waals surface area contributed by atoms with Gasteiger partial charge in [-0.05, 0) is 6.92 Å². The number of amides is 3. The molecule has 5 aliphatic rings. The number of ether oxygens (including phenoxy) is 9. The Morgan fingerprint density at radius 3 is 1.50 bits per heavy atom. The van der Waals surface area contributed by atoms with Crippen molar-refractivity contribution in [3.63, 3.8) is 0 Å². The molecule has 16 N–H and O–H groups in total. The number of hydrogen-bond donors (Lipinski definition) is 16. The van der Waals surface area contributed by atoms with E-state index in [9.17, 15) is 84.1 Å². The van der Waals surface area contributed by atoms with Gasteiger partial charge >= 0.3 is 10.4 Å². The molecule has 0 unspecified atom stereocenters. The highest BCUT2D eigenvalue weighted by molar-refractivity contribution is 7.80. The molecule has 5 aliphatic heterocycles. The van der Waals surface area contributed by atoms with E-state index < -0.39 is 208 Å². The molecule has 5 heterocycles. The maximum Gasteiger partial charge on any atom is 0.397 e. The van der Waals surface area contributed by atoms with Crippen LogP contribution >= 0.6 is 0 Å². The van der Waals surface area contributed by atoms with E-state index >= 15 is 0 Å². The molecule has 0 aliphatic carbocycles. The van der Waals surface area contributed by atoms with Gasteiger partial charge in [-0.15, -0.1) is 0 Å². The molecular weight excluding hydrogens is 954 g/mol. The minimum absolute atomic E-state index is 0.783. The molecule has 0 aromatic carbocycles. The van der Waals surface area contributed by atoms with Crippen molar-refractivity contribution < 1.29 is 135 Å². The van der Waals surface area contributed by atoms with E-state index in [-0.39, 0.29) is 0 Å². The fourth-order valence-corrected chi connectivity index (χ4v) is 8.50. The predicted octanol–water partition coefficient (Wildman–Crippen LogP) is -10.6. The first-order valence-electron chi connectivity index (χ1n) is 21.1. The monoisotopic (exact) mass is 1020 g/mol. The van der Waals surface area contributed by atoms with Crippen LogP contribution in [0.15, 0.2) is 0 Å². The molecule has 25 atom stereocenters. The fraction of sp³-hybridized carbons (Fsp3) is 0.917. The largest absolute Gasteiger partial charge is 0.397 e. The molecule has 394 valence electrons. The van der Waals surface area contributed by atoms with Crippen LogP contribution in [0.4, 0.5) is 0 Å². The minimum atomic E-state index is -5.10. The van der Waals surface area contributed by atoms with Crippen molar-refractivity contribution in [2.45, 2.75) is 181 Å². The van der Waals surface area contributed by atoms with Gasteiger partial charge in [0.05, 0.1) is 32.5 Å². The van der Waals surface area contributed by atoms with E-state index in [2.05, 4.69) is 20.1 Å². The van der Waals surface area contributed by atoms with E-state index in [1.54, 1.807) is 0 Å². The van der Waals surface area contributed by atoms with Crippen molar-refractivity contribution in [1.82, 2.24) is 16.0 Å². The number of hydrogen-bond acceptors (Lipinski definition) is 27. The Morgan fingerprint density at radius 2 is 0.941 bits per heavy atom. The maximum absolute atomic E-state index is 12.5. The first-order chi connectivity index (χ1) is 31.8. The zero-order valence-electron chi connectivity index (χ0n) is 36.6.